The van der Waals surface area contributed by atoms with E-state index in [1.54, 1.807) is 0 Å². The van der Waals surface area contributed by atoms with E-state index in [9.17, 15) is 0 Å². The van der Waals surface area contributed by atoms with Gasteiger partial charge < -0.3 is 5.73 Å². The molecule has 0 spiro atoms. The average Bonchev–Trinajstić information content (AvgIpc) is 2.41. The Morgan fingerprint density at radius 1 is 1.05 bits per heavy atom. The molecule has 110 valence electrons. The molecule has 0 radical (unpaired) electrons. The van der Waals surface area contributed by atoms with Gasteiger partial charge in [-0.3, -0.25) is 4.90 Å². The number of rotatable bonds is 4. The SMILES string of the molecule is CCCC(N)(c1ccccc1)N1CCCCC1.Cl.Cl. The van der Waals surface area contributed by atoms with Crippen molar-refractivity contribution in [2.45, 2.75) is 44.7 Å². The molecule has 1 fully saturated rings. The highest BCUT2D eigenvalue weighted by Gasteiger charge is 2.33. The summed E-state index contributed by atoms with van der Waals surface area (Å²) in [5.41, 5.74) is 7.74. The van der Waals surface area contributed by atoms with Gasteiger partial charge in [0.1, 0.15) is 0 Å². The zero-order valence-corrected chi connectivity index (χ0v) is 13.3. The standard InChI is InChI=1S/C15H24N2.2ClH/c1-2-11-15(16,14-9-5-3-6-10-14)17-12-7-4-8-13-17;;/h3,5-6,9-10H,2,4,7-8,11-13,16H2,1H3;2*1H. The Labute approximate surface area is 129 Å². The molecule has 1 atom stereocenters. The van der Waals surface area contributed by atoms with Gasteiger partial charge in [-0.15, -0.1) is 24.8 Å². The lowest BCUT2D eigenvalue weighted by Gasteiger charge is -2.43. The number of halogens is 2. The molecule has 1 heterocycles. The monoisotopic (exact) mass is 304 g/mol. The molecule has 4 heteroatoms. The predicted molar refractivity (Wildman–Crippen MR) is 87.1 cm³/mol. The Balaban J connectivity index is 0.00000162. The summed E-state index contributed by atoms with van der Waals surface area (Å²) in [5.74, 6) is 0. The van der Waals surface area contributed by atoms with Crippen molar-refractivity contribution in [2.75, 3.05) is 13.1 Å². The van der Waals surface area contributed by atoms with Crippen LogP contribution in [-0.2, 0) is 5.66 Å². The van der Waals surface area contributed by atoms with Crippen LogP contribution in [0.1, 0.15) is 44.6 Å². The molecule has 1 aliphatic heterocycles. The number of nitrogens with zero attached hydrogens (tertiary/aromatic N) is 1. The van der Waals surface area contributed by atoms with Crippen LogP contribution in [-0.4, -0.2) is 18.0 Å². The minimum absolute atomic E-state index is 0. The van der Waals surface area contributed by atoms with Gasteiger partial charge in [0, 0.05) is 13.1 Å². The molecule has 1 aromatic rings. The van der Waals surface area contributed by atoms with Crippen LogP contribution in [0.4, 0.5) is 0 Å². The van der Waals surface area contributed by atoms with E-state index in [1.807, 2.05) is 0 Å². The van der Waals surface area contributed by atoms with Gasteiger partial charge in [0.05, 0.1) is 5.66 Å². The van der Waals surface area contributed by atoms with Gasteiger partial charge in [-0.2, -0.15) is 0 Å². The van der Waals surface area contributed by atoms with Crippen molar-refractivity contribution in [1.82, 2.24) is 4.90 Å². The van der Waals surface area contributed by atoms with E-state index in [2.05, 4.69) is 42.2 Å². The number of likely N-dealkylation sites (tertiary alicyclic amines) is 1. The smallest absolute Gasteiger partial charge is 0.0949 e. The maximum Gasteiger partial charge on any atom is 0.0949 e. The Kier molecular flexibility index (Phi) is 8.67. The second kappa shape index (κ2) is 8.80. The Hall–Kier alpha value is -0.280. The van der Waals surface area contributed by atoms with Gasteiger partial charge in [0.25, 0.3) is 0 Å². The first-order valence-corrected chi connectivity index (χ1v) is 6.87. The fourth-order valence-corrected chi connectivity index (χ4v) is 2.89. The minimum atomic E-state index is -0.254. The summed E-state index contributed by atoms with van der Waals surface area (Å²) in [6, 6.07) is 10.6. The fraction of sp³-hybridized carbons (Fsp3) is 0.600. The summed E-state index contributed by atoms with van der Waals surface area (Å²) in [4.78, 5) is 2.48. The molecule has 0 aromatic heterocycles. The Morgan fingerprint density at radius 3 is 2.16 bits per heavy atom. The summed E-state index contributed by atoms with van der Waals surface area (Å²) in [6.45, 7) is 4.51. The van der Waals surface area contributed by atoms with Crippen molar-refractivity contribution in [3.8, 4) is 0 Å². The van der Waals surface area contributed by atoms with Gasteiger partial charge in [-0.1, -0.05) is 50.1 Å². The van der Waals surface area contributed by atoms with E-state index in [0.717, 1.165) is 25.9 Å². The van der Waals surface area contributed by atoms with Crippen LogP contribution < -0.4 is 5.73 Å². The van der Waals surface area contributed by atoms with Crippen LogP contribution in [0.15, 0.2) is 30.3 Å². The fourth-order valence-electron chi connectivity index (χ4n) is 2.89. The molecule has 2 nitrogen and oxygen atoms in total. The maximum atomic E-state index is 6.73. The van der Waals surface area contributed by atoms with E-state index >= 15 is 0 Å². The summed E-state index contributed by atoms with van der Waals surface area (Å²) >= 11 is 0. The Morgan fingerprint density at radius 2 is 1.63 bits per heavy atom. The lowest BCUT2D eigenvalue weighted by Crippen LogP contribution is -2.54. The molecule has 2 N–H and O–H groups in total. The molecule has 1 unspecified atom stereocenters. The molecular weight excluding hydrogens is 279 g/mol. The third-order valence-corrected chi connectivity index (χ3v) is 3.83. The number of benzene rings is 1. The minimum Gasteiger partial charge on any atom is -0.309 e. The summed E-state index contributed by atoms with van der Waals surface area (Å²) < 4.78 is 0. The van der Waals surface area contributed by atoms with Crippen molar-refractivity contribution >= 4 is 24.8 Å². The van der Waals surface area contributed by atoms with Crippen LogP contribution >= 0.6 is 24.8 Å². The highest BCUT2D eigenvalue weighted by atomic mass is 35.5. The van der Waals surface area contributed by atoms with E-state index in [-0.39, 0.29) is 30.5 Å². The third-order valence-electron chi connectivity index (χ3n) is 3.83. The van der Waals surface area contributed by atoms with Gasteiger partial charge in [0.2, 0.25) is 0 Å². The van der Waals surface area contributed by atoms with Gasteiger partial charge in [-0.05, 0) is 24.8 Å². The quantitative estimate of drug-likeness (QED) is 0.913. The maximum absolute atomic E-state index is 6.73. The predicted octanol–water partition coefficient (Wildman–Crippen LogP) is 3.93. The van der Waals surface area contributed by atoms with E-state index in [0.29, 0.717) is 0 Å². The molecule has 0 bridgehead atoms. The van der Waals surface area contributed by atoms with Crippen molar-refractivity contribution in [3.05, 3.63) is 35.9 Å². The average molecular weight is 305 g/mol. The van der Waals surface area contributed by atoms with Crippen molar-refractivity contribution in [2.24, 2.45) is 5.73 Å². The number of hydrogen-bond donors (Lipinski definition) is 1. The first-order valence-electron chi connectivity index (χ1n) is 6.87. The normalized spacial score (nSPS) is 18.8. The zero-order chi connectivity index (χ0) is 12.1. The zero-order valence-electron chi connectivity index (χ0n) is 11.7. The molecule has 19 heavy (non-hydrogen) atoms. The second-order valence-corrected chi connectivity index (χ2v) is 5.09. The van der Waals surface area contributed by atoms with Gasteiger partial charge >= 0.3 is 0 Å². The number of hydrogen-bond acceptors (Lipinski definition) is 2. The van der Waals surface area contributed by atoms with Crippen LogP contribution in [0.25, 0.3) is 0 Å². The summed E-state index contributed by atoms with van der Waals surface area (Å²) in [6.07, 6.45) is 6.09. The van der Waals surface area contributed by atoms with E-state index in [1.165, 1.54) is 24.8 Å². The largest absolute Gasteiger partial charge is 0.309 e. The molecule has 0 amide bonds. The Bertz CT molecular complexity index is 339. The second-order valence-electron chi connectivity index (χ2n) is 5.09. The van der Waals surface area contributed by atoms with Crippen LogP contribution in [0.3, 0.4) is 0 Å². The molecule has 0 aliphatic carbocycles. The topological polar surface area (TPSA) is 29.3 Å². The van der Waals surface area contributed by atoms with E-state index in [4.69, 9.17) is 5.73 Å². The summed E-state index contributed by atoms with van der Waals surface area (Å²) in [7, 11) is 0. The lowest BCUT2D eigenvalue weighted by atomic mass is 9.91. The van der Waals surface area contributed by atoms with Crippen molar-refractivity contribution in [3.63, 3.8) is 0 Å². The van der Waals surface area contributed by atoms with Crippen LogP contribution in [0.2, 0.25) is 0 Å². The number of nitrogens with two attached hydrogens (primary N) is 1. The molecule has 1 aromatic carbocycles. The molecule has 2 rings (SSSR count). The summed E-state index contributed by atoms with van der Waals surface area (Å²) in [5, 5.41) is 0. The first-order chi connectivity index (χ1) is 8.27. The van der Waals surface area contributed by atoms with Crippen LogP contribution in [0.5, 0.6) is 0 Å². The highest BCUT2D eigenvalue weighted by Crippen LogP contribution is 2.30. The number of piperidine rings is 1. The van der Waals surface area contributed by atoms with E-state index < -0.39 is 0 Å². The van der Waals surface area contributed by atoms with Gasteiger partial charge in [0.15, 0.2) is 0 Å². The molecule has 0 saturated carbocycles. The lowest BCUT2D eigenvalue weighted by molar-refractivity contribution is 0.0595. The van der Waals surface area contributed by atoms with Crippen LogP contribution in [0, 0.1) is 0 Å². The van der Waals surface area contributed by atoms with Crippen molar-refractivity contribution < 1.29 is 0 Å². The third kappa shape index (κ3) is 4.35. The highest BCUT2D eigenvalue weighted by molar-refractivity contribution is 5.85. The molecule has 1 saturated heterocycles. The molecular formula is C15H26Cl2N2. The van der Waals surface area contributed by atoms with Gasteiger partial charge in [-0.25, -0.2) is 0 Å². The molecule has 1 aliphatic rings. The van der Waals surface area contributed by atoms with Crippen molar-refractivity contribution in [1.29, 1.82) is 0 Å². The first kappa shape index (κ1) is 18.7.